The third-order valence-electron chi connectivity index (χ3n) is 4.74. The van der Waals surface area contributed by atoms with Gasteiger partial charge in [0.15, 0.2) is 5.75 Å². The van der Waals surface area contributed by atoms with Crippen molar-refractivity contribution in [2.75, 3.05) is 0 Å². The van der Waals surface area contributed by atoms with Crippen molar-refractivity contribution >= 4 is 16.9 Å². The molecule has 25 heavy (non-hydrogen) atoms. The van der Waals surface area contributed by atoms with E-state index >= 15 is 0 Å². The lowest BCUT2D eigenvalue weighted by molar-refractivity contribution is -0.135. The van der Waals surface area contributed by atoms with Crippen molar-refractivity contribution in [1.82, 2.24) is 0 Å². The highest BCUT2D eigenvalue weighted by atomic mass is 16.5. The Morgan fingerprint density at radius 3 is 2.44 bits per heavy atom. The normalized spacial score (nSPS) is 16.8. The Morgan fingerprint density at radius 2 is 1.72 bits per heavy atom. The largest absolute Gasteiger partial charge is 0.425 e. The van der Waals surface area contributed by atoms with Gasteiger partial charge in [0.2, 0.25) is 0 Å². The molecule has 0 saturated heterocycles. The summed E-state index contributed by atoms with van der Waals surface area (Å²) in [5.41, 5.74) is 2.54. The van der Waals surface area contributed by atoms with Gasteiger partial charge in [-0.2, -0.15) is 0 Å². The summed E-state index contributed by atoms with van der Waals surface area (Å²) in [6.07, 6.45) is 0.136. The van der Waals surface area contributed by atoms with Gasteiger partial charge in [-0.05, 0) is 29.2 Å². The maximum Gasteiger partial charge on any atom is 0.343 e. The third-order valence-corrected chi connectivity index (χ3v) is 4.74. The first kappa shape index (κ1) is 15.6. The average molecular weight is 334 g/mol. The Hall–Kier alpha value is -2.88. The van der Waals surface area contributed by atoms with Crippen LogP contribution in [0.5, 0.6) is 5.75 Å². The molecule has 0 spiro atoms. The Morgan fingerprint density at radius 1 is 1.00 bits per heavy atom. The van der Waals surface area contributed by atoms with Crippen LogP contribution in [0.4, 0.5) is 0 Å². The van der Waals surface area contributed by atoms with E-state index in [9.17, 15) is 9.59 Å². The molecule has 1 aliphatic rings. The summed E-state index contributed by atoms with van der Waals surface area (Å²) in [4.78, 5) is 24.8. The van der Waals surface area contributed by atoms with Gasteiger partial charge in [0.05, 0.1) is 17.4 Å². The molecule has 4 nitrogen and oxygen atoms in total. The smallest absolute Gasteiger partial charge is 0.343 e. The molecule has 1 aromatic heterocycles. The Bertz CT molecular complexity index is 1010. The van der Waals surface area contributed by atoms with E-state index in [4.69, 9.17) is 9.15 Å². The zero-order valence-corrected chi connectivity index (χ0v) is 14.1. The van der Waals surface area contributed by atoms with Gasteiger partial charge in [0, 0.05) is 5.92 Å². The van der Waals surface area contributed by atoms with Gasteiger partial charge in [-0.1, -0.05) is 50.2 Å². The Labute approximate surface area is 145 Å². The number of benzene rings is 2. The third kappa shape index (κ3) is 2.64. The van der Waals surface area contributed by atoms with Crippen LogP contribution in [0, 0.1) is 0 Å². The second-order valence-electron chi connectivity index (χ2n) is 6.68. The van der Waals surface area contributed by atoms with Crippen molar-refractivity contribution in [3.8, 4) is 5.75 Å². The van der Waals surface area contributed by atoms with Crippen LogP contribution in [0.15, 0.2) is 57.7 Å². The highest BCUT2D eigenvalue weighted by Crippen LogP contribution is 2.40. The van der Waals surface area contributed by atoms with Crippen LogP contribution in [-0.4, -0.2) is 5.97 Å². The SMILES string of the molecule is CC(C)c1ccc(C2CC(=O)Oc3c2c(=O)oc2ccccc32)cc1. The summed E-state index contributed by atoms with van der Waals surface area (Å²) >= 11 is 0. The second-order valence-corrected chi connectivity index (χ2v) is 6.68. The minimum atomic E-state index is -0.445. The van der Waals surface area contributed by atoms with Crippen LogP contribution in [0.2, 0.25) is 0 Å². The number of fused-ring (bicyclic) bond motifs is 3. The number of carbonyl (C=O) groups is 1. The van der Waals surface area contributed by atoms with Crippen LogP contribution < -0.4 is 10.4 Å². The van der Waals surface area contributed by atoms with Gasteiger partial charge in [0.1, 0.15) is 5.58 Å². The lowest BCUT2D eigenvalue weighted by Crippen LogP contribution is -2.26. The summed E-state index contributed by atoms with van der Waals surface area (Å²) in [5.74, 6) is 0.0761. The molecule has 0 radical (unpaired) electrons. The summed E-state index contributed by atoms with van der Waals surface area (Å²) in [6, 6.07) is 15.2. The van der Waals surface area contributed by atoms with E-state index in [2.05, 4.69) is 13.8 Å². The molecule has 0 bridgehead atoms. The second kappa shape index (κ2) is 5.88. The maximum absolute atomic E-state index is 12.6. The fourth-order valence-electron chi connectivity index (χ4n) is 3.37. The molecule has 3 aromatic rings. The first-order valence-electron chi connectivity index (χ1n) is 8.41. The van der Waals surface area contributed by atoms with Gasteiger partial charge in [-0.15, -0.1) is 0 Å². The van der Waals surface area contributed by atoms with Crippen molar-refractivity contribution < 1.29 is 13.9 Å². The summed E-state index contributed by atoms with van der Waals surface area (Å²) < 4.78 is 10.9. The number of carbonyl (C=O) groups excluding carboxylic acids is 1. The molecule has 0 N–H and O–H groups in total. The average Bonchev–Trinajstić information content (AvgIpc) is 2.61. The van der Waals surface area contributed by atoms with Gasteiger partial charge >= 0.3 is 11.6 Å². The van der Waals surface area contributed by atoms with Gasteiger partial charge in [-0.3, -0.25) is 4.79 Å². The van der Waals surface area contributed by atoms with E-state index in [1.54, 1.807) is 18.2 Å². The predicted molar refractivity (Wildman–Crippen MR) is 95.1 cm³/mol. The molecule has 4 heteroatoms. The molecule has 1 aliphatic heterocycles. The summed E-state index contributed by atoms with van der Waals surface area (Å²) in [7, 11) is 0. The quantitative estimate of drug-likeness (QED) is 0.516. The Balaban J connectivity index is 1.91. The Kier molecular flexibility index (Phi) is 3.68. The molecule has 2 aromatic carbocycles. The zero-order chi connectivity index (χ0) is 17.6. The molecule has 4 rings (SSSR count). The minimum absolute atomic E-state index is 0.136. The number of para-hydroxylation sites is 1. The topological polar surface area (TPSA) is 56.5 Å². The molecule has 0 fully saturated rings. The van der Waals surface area contributed by atoms with Gasteiger partial charge in [0.25, 0.3) is 0 Å². The number of esters is 1. The van der Waals surface area contributed by atoms with Crippen molar-refractivity contribution in [2.45, 2.75) is 32.1 Å². The van der Waals surface area contributed by atoms with Crippen LogP contribution >= 0.6 is 0 Å². The van der Waals surface area contributed by atoms with Crippen molar-refractivity contribution in [3.05, 3.63) is 75.6 Å². The molecule has 2 heterocycles. The van der Waals surface area contributed by atoms with Crippen molar-refractivity contribution in [2.24, 2.45) is 0 Å². The van der Waals surface area contributed by atoms with Crippen LogP contribution in [-0.2, 0) is 4.79 Å². The first-order valence-corrected chi connectivity index (χ1v) is 8.41. The molecule has 126 valence electrons. The van der Waals surface area contributed by atoms with Crippen molar-refractivity contribution in [1.29, 1.82) is 0 Å². The molecule has 1 unspecified atom stereocenters. The highest BCUT2D eigenvalue weighted by molar-refractivity contribution is 5.90. The van der Waals surface area contributed by atoms with E-state index in [1.807, 2.05) is 30.3 Å². The number of hydrogen-bond acceptors (Lipinski definition) is 4. The predicted octanol–water partition coefficient (Wildman–Crippen LogP) is 4.36. The standard InChI is InChI=1S/C21H18O4/c1-12(2)13-7-9-14(10-8-13)16-11-18(22)25-20-15-5-3-4-6-17(15)24-21(23)19(16)20/h3-10,12,16H,11H2,1-2H3. The highest BCUT2D eigenvalue weighted by Gasteiger charge is 2.33. The van der Waals surface area contributed by atoms with E-state index < -0.39 is 5.63 Å². The number of ether oxygens (including phenoxy) is 1. The van der Waals surface area contributed by atoms with Gasteiger partial charge in [-0.25, -0.2) is 4.79 Å². The fraction of sp³-hybridized carbons (Fsp3) is 0.238. The number of rotatable bonds is 2. The minimum Gasteiger partial charge on any atom is -0.425 e. The van der Waals surface area contributed by atoms with E-state index in [-0.39, 0.29) is 18.3 Å². The summed E-state index contributed by atoms with van der Waals surface area (Å²) in [5, 5.41) is 0.647. The van der Waals surface area contributed by atoms with E-state index in [0.717, 1.165) is 5.56 Å². The monoisotopic (exact) mass is 334 g/mol. The molecule has 1 atom stereocenters. The molecular weight excluding hydrogens is 316 g/mol. The lowest BCUT2D eigenvalue weighted by Gasteiger charge is -2.24. The van der Waals surface area contributed by atoms with Crippen LogP contribution in [0.3, 0.4) is 0 Å². The van der Waals surface area contributed by atoms with Crippen LogP contribution in [0.1, 0.15) is 48.8 Å². The van der Waals surface area contributed by atoms with Crippen molar-refractivity contribution in [3.63, 3.8) is 0 Å². The maximum atomic E-state index is 12.6. The molecule has 0 saturated carbocycles. The molecular formula is C21H18O4. The zero-order valence-electron chi connectivity index (χ0n) is 14.1. The van der Waals surface area contributed by atoms with E-state index in [1.165, 1.54) is 5.56 Å². The molecule has 0 amide bonds. The number of hydrogen-bond donors (Lipinski definition) is 0. The first-order chi connectivity index (χ1) is 12.0. The fourth-order valence-corrected chi connectivity index (χ4v) is 3.37. The van der Waals surface area contributed by atoms with Crippen LogP contribution in [0.25, 0.3) is 11.0 Å². The summed E-state index contributed by atoms with van der Waals surface area (Å²) in [6.45, 7) is 4.26. The molecule has 0 aliphatic carbocycles. The van der Waals surface area contributed by atoms with E-state index in [0.29, 0.717) is 28.2 Å². The van der Waals surface area contributed by atoms with Gasteiger partial charge < -0.3 is 9.15 Å². The lowest BCUT2D eigenvalue weighted by atomic mass is 9.86.